The summed E-state index contributed by atoms with van der Waals surface area (Å²) >= 11 is 0. The predicted molar refractivity (Wildman–Crippen MR) is 83.4 cm³/mol. The van der Waals surface area contributed by atoms with E-state index in [1.54, 1.807) is 10.2 Å². The second-order valence-electron chi connectivity index (χ2n) is 5.55. The van der Waals surface area contributed by atoms with Gasteiger partial charge in [-0.3, -0.25) is 19.7 Å². The first kappa shape index (κ1) is 17.5. The van der Waals surface area contributed by atoms with Crippen LogP contribution in [-0.2, 0) is 19.1 Å². The molecule has 0 aliphatic carbocycles. The van der Waals surface area contributed by atoms with Crippen molar-refractivity contribution in [2.24, 2.45) is 11.7 Å². The van der Waals surface area contributed by atoms with Gasteiger partial charge in [0.1, 0.15) is 0 Å². The van der Waals surface area contributed by atoms with Gasteiger partial charge in [-0.2, -0.15) is 0 Å². The molecule has 8 heteroatoms. The molecule has 0 spiro atoms. The van der Waals surface area contributed by atoms with Gasteiger partial charge in [0, 0.05) is 13.0 Å². The number of likely N-dealkylation sites (tertiary alicyclic amines) is 1. The number of benzene rings is 1. The summed E-state index contributed by atoms with van der Waals surface area (Å²) in [7, 11) is 0. The van der Waals surface area contributed by atoms with Crippen molar-refractivity contribution in [3.63, 3.8) is 0 Å². The molecule has 3 N–H and O–H groups in total. The number of hydrogen-bond acceptors (Lipinski definition) is 5. The van der Waals surface area contributed by atoms with E-state index in [0.29, 0.717) is 0 Å². The minimum absolute atomic E-state index is 0.0352. The van der Waals surface area contributed by atoms with E-state index in [1.165, 1.54) is 0 Å². The summed E-state index contributed by atoms with van der Waals surface area (Å²) in [6, 6.07) is 8.31. The number of esters is 1. The Morgan fingerprint density at radius 2 is 2.00 bits per heavy atom. The lowest BCUT2D eigenvalue weighted by molar-refractivity contribution is -0.152. The molecule has 1 heterocycles. The van der Waals surface area contributed by atoms with Gasteiger partial charge in [-0.25, -0.2) is 4.79 Å². The van der Waals surface area contributed by atoms with Gasteiger partial charge in [-0.1, -0.05) is 30.3 Å². The number of hydrogen-bond donors (Lipinski definition) is 2. The number of amides is 4. The summed E-state index contributed by atoms with van der Waals surface area (Å²) < 4.78 is 4.83. The fourth-order valence-electron chi connectivity index (χ4n) is 2.60. The van der Waals surface area contributed by atoms with Gasteiger partial charge < -0.3 is 15.4 Å². The zero-order valence-corrected chi connectivity index (χ0v) is 13.2. The first-order chi connectivity index (χ1) is 11.4. The maximum Gasteiger partial charge on any atom is 0.318 e. The van der Waals surface area contributed by atoms with E-state index in [4.69, 9.17) is 10.5 Å². The van der Waals surface area contributed by atoms with Crippen LogP contribution in [0.5, 0.6) is 0 Å². The summed E-state index contributed by atoms with van der Waals surface area (Å²) in [4.78, 5) is 47.5. The van der Waals surface area contributed by atoms with Crippen molar-refractivity contribution in [3.8, 4) is 0 Å². The number of imide groups is 1. The van der Waals surface area contributed by atoms with Crippen molar-refractivity contribution in [3.05, 3.63) is 35.9 Å². The smallest absolute Gasteiger partial charge is 0.318 e. The first-order valence-electron chi connectivity index (χ1n) is 7.48. The van der Waals surface area contributed by atoms with Gasteiger partial charge >= 0.3 is 12.0 Å². The Kier molecular flexibility index (Phi) is 5.51. The van der Waals surface area contributed by atoms with Gasteiger partial charge in [0.05, 0.1) is 12.0 Å². The summed E-state index contributed by atoms with van der Waals surface area (Å²) in [5, 5.41) is 1.79. The minimum Gasteiger partial charge on any atom is -0.455 e. The molecule has 1 saturated heterocycles. The van der Waals surface area contributed by atoms with Crippen molar-refractivity contribution < 1.29 is 23.9 Å². The van der Waals surface area contributed by atoms with Crippen molar-refractivity contribution >= 4 is 23.8 Å². The molecule has 1 aliphatic rings. The number of rotatable bonds is 5. The fraction of sp³-hybridized carbons (Fsp3) is 0.375. The average molecular weight is 333 g/mol. The second kappa shape index (κ2) is 7.58. The van der Waals surface area contributed by atoms with Crippen molar-refractivity contribution in [1.29, 1.82) is 0 Å². The van der Waals surface area contributed by atoms with E-state index in [2.05, 4.69) is 0 Å². The van der Waals surface area contributed by atoms with Gasteiger partial charge in [-0.05, 0) is 12.5 Å². The molecule has 0 unspecified atom stereocenters. The monoisotopic (exact) mass is 333 g/mol. The van der Waals surface area contributed by atoms with Crippen LogP contribution < -0.4 is 11.1 Å². The van der Waals surface area contributed by atoms with Crippen LogP contribution >= 0.6 is 0 Å². The summed E-state index contributed by atoms with van der Waals surface area (Å²) in [6.45, 7) is 1.51. The zero-order valence-electron chi connectivity index (χ0n) is 13.2. The maximum absolute atomic E-state index is 12.2. The first-order valence-corrected chi connectivity index (χ1v) is 7.48. The van der Waals surface area contributed by atoms with Crippen LogP contribution in [0.4, 0.5) is 4.79 Å². The van der Waals surface area contributed by atoms with Crippen LogP contribution in [0.3, 0.4) is 0 Å². The molecular formula is C16H19N3O5. The normalized spacial score (nSPS) is 18.1. The van der Waals surface area contributed by atoms with E-state index in [-0.39, 0.29) is 24.9 Å². The van der Waals surface area contributed by atoms with Crippen LogP contribution in [0, 0.1) is 5.92 Å². The zero-order chi connectivity index (χ0) is 17.7. The molecule has 0 bridgehead atoms. The predicted octanol–water partition coefficient (Wildman–Crippen LogP) is 0.334. The third kappa shape index (κ3) is 4.31. The van der Waals surface area contributed by atoms with Gasteiger partial charge in [0.15, 0.2) is 6.61 Å². The number of primary amides is 1. The van der Waals surface area contributed by atoms with Crippen molar-refractivity contribution in [2.75, 3.05) is 13.2 Å². The summed E-state index contributed by atoms with van der Waals surface area (Å²) in [5.41, 5.74) is 5.76. The molecule has 0 radical (unpaired) electrons. The van der Waals surface area contributed by atoms with Crippen LogP contribution in [0.2, 0.25) is 0 Å². The molecule has 2 rings (SSSR count). The largest absolute Gasteiger partial charge is 0.455 e. The quantitative estimate of drug-likeness (QED) is 0.753. The standard InChI is InChI=1S/C16H19N3O5/c1-10(11-5-3-2-4-6-11)19-8-12(7-14(19)21)15(22)24-9-13(20)18-16(17)23/h2-6,10,12H,7-9H2,1H3,(H3,17,18,20,23)/t10-,12+/m1/s1. The Morgan fingerprint density at radius 3 is 2.62 bits per heavy atom. The van der Waals surface area contributed by atoms with Crippen molar-refractivity contribution in [1.82, 2.24) is 10.2 Å². The highest BCUT2D eigenvalue weighted by Crippen LogP contribution is 2.28. The molecule has 1 fully saturated rings. The average Bonchev–Trinajstić information content (AvgIpc) is 2.94. The number of carbonyl (C=O) groups is 4. The molecule has 1 aromatic rings. The fourth-order valence-corrected chi connectivity index (χ4v) is 2.60. The minimum atomic E-state index is -1.02. The third-order valence-electron chi connectivity index (χ3n) is 3.85. The SMILES string of the molecule is C[C@H](c1ccccc1)N1C[C@@H](C(=O)OCC(=O)NC(N)=O)CC1=O. The Morgan fingerprint density at radius 1 is 1.33 bits per heavy atom. The van der Waals surface area contributed by atoms with E-state index < -0.39 is 30.4 Å². The molecule has 2 atom stereocenters. The lowest BCUT2D eigenvalue weighted by atomic mass is 10.1. The highest BCUT2D eigenvalue weighted by molar-refractivity contribution is 5.95. The topological polar surface area (TPSA) is 119 Å². The Hall–Kier alpha value is -2.90. The molecule has 1 aromatic carbocycles. The van der Waals surface area contributed by atoms with Gasteiger partial charge in [-0.15, -0.1) is 0 Å². The van der Waals surface area contributed by atoms with Gasteiger partial charge in [0.25, 0.3) is 5.91 Å². The maximum atomic E-state index is 12.2. The lowest BCUT2D eigenvalue weighted by Crippen LogP contribution is -2.38. The molecular weight excluding hydrogens is 314 g/mol. The van der Waals surface area contributed by atoms with E-state index in [9.17, 15) is 19.2 Å². The summed E-state index contributed by atoms with van der Waals surface area (Å²) in [6.07, 6.45) is 0.0352. The summed E-state index contributed by atoms with van der Waals surface area (Å²) in [5.74, 6) is -2.24. The number of carbonyl (C=O) groups excluding carboxylic acids is 4. The Labute approximate surface area is 138 Å². The van der Waals surface area contributed by atoms with Crippen LogP contribution in [0.25, 0.3) is 0 Å². The molecule has 1 aliphatic heterocycles. The van der Waals surface area contributed by atoms with E-state index >= 15 is 0 Å². The van der Waals surface area contributed by atoms with Crippen molar-refractivity contribution in [2.45, 2.75) is 19.4 Å². The molecule has 0 saturated carbocycles. The van der Waals surface area contributed by atoms with Crippen LogP contribution in [-0.4, -0.2) is 41.9 Å². The molecule has 0 aromatic heterocycles. The Bertz CT molecular complexity index is 646. The number of nitrogens with one attached hydrogen (secondary N) is 1. The van der Waals surface area contributed by atoms with E-state index in [0.717, 1.165) is 5.56 Å². The molecule has 8 nitrogen and oxygen atoms in total. The number of ether oxygens (including phenoxy) is 1. The highest BCUT2D eigenvalue weighted by atomic mass is 16.5. The molecule has 4 amide bonds. The van der Waals surface area contributed by atoms with Crippen LogP contribution in [0.1, 0.15) is 24.9 Å². The number of nitrogens with zero attached hydrogens (tertiary/aromatic N) is 1. The number of nitrogens with two attached hydrogens (primary N) is 1. The third-order valence-corrected chi connectivity index (χ3v) is 3.85. The van der Waals surface area contributed by atoms with Crippen LogP contribution in [0.15, 0.2) is 30.3 Å². The number of urea groups is 1. The lowest BCUT2D eigenvalue weighted by Gasteiger charge is -2.25. The molecule has 24 heavy (non-hydrogen) atoms. The molecule has 128 valence electrons. The second-order valence-corrected chi connectivity index (χ2v) is 5.55. The highest BCUT2D eigenvalue weighted by Gasteiger charge is 2.38. The van der Waals surface area contributed by atoms with Gasteiger partial charge in [0.2, 0.25) is 5.91 Å². The Balaban J connectivity index is 1.90. The van der Waals surface area contributed by atoms with E-state index in [1.807, 2.05) is 37.3 Å².